The molecule has 1 N–H and O–H groups in total. The number of benzene rings is 1. The van der Waals surface area contributed by atoms with E-state index in [0.717, 1.165) is 18.2 Å². The second-order valence-corrected chi connectivity index (χ2v) is 7.93. The van der Waals surface area contributed by atoms with Crippen LogP contribution in [0.2, 0.25) is 0 Å². The molecule has 0 unspecified atom stereocenters. The highest BCUT2D eigenvalue weighted by atomic mass is 32.2. The Kier molecular flexibility index (Phi) is 5.92. The lowest BCUT2D eigenvalue weighted by molar-refractivity contribution is -0.121. The zero-order valence-electron chi connectivity index (χ0n) is 13.1. The minimum absolute atomic E-state index is 0.156. The largest absolute Gasteiger partial charge is 0.355 e. The third-order valence-corrected chi connectivity index (χ3v) is 4.49. The molecule has 6 heteroatoms. The van der Waals surface area contributed by atoms with Gasteiger partial charge in [0.05, 0.1) is 12.8 Å². The molecular formula is C15H24N2O3S. The molecule has 1 rings (SSSR count). The zero-order valence-corrected chi connectivity index (χ0v) is 13.9. The van der Waals surface area contributed by atoms with Crippen LogP contribution in [-0.2, 0) is 21.2 Å². The highest BCUT2D eigenvalue weighted by Gasteiger charge is 2.31. The standard InChI is InChI=1S/C15H24N2O3S/c1-15(2,3)17(21(4,19)20)12-14(18)16-11-10-13-8-6-5-7-9-13/h5-9H,10-12H2,1-4H3,(H,16,18). The van der Waals surface area contributed by atoms with Crippen molar-refractivity contribution in [3.63, 3.8) is 0 Å². The fraction of sp³-hybridized carbons (Fsp3) is 0.533. The summed E-state index contributed by atoms with van der Waals surface area (Å²) in [4.78, 5) is 11.9. The van der Waals surface area contributed by atoms with E-state index in [9.17, 15) is 13.2 Å². The summed E-state index contributed by atoms with van der Waals surface area (Å²) in [5, 5.41) is 2.76. The average molecular weight is 312 g/mol. The smallest absolute Gasteiger partial charge is 0.235 e. The number of hydrogen-bond donors (Lipinski definition) is 1. The van der Waals surface area contributed by atoms with Crippen LogP contribution < -0.4 is 5.32 Å². The first kappa shape index (κ1) is 17.7. The summed E-state index contributed by atoms with van der Waals surface area (Å²) in [7, 11) is -3.42. The van der Waals surface area contributed by atoms with E-state index < -0.39 is 15.6 Å². The number of rotatable bonds is 6. The first-order chi connectivity index (χ1) is 9.60. The minimum atomic E-state index is -3.42. The van der Waals surface area contributed by atoms with Crippen LogP contribution in [0.5, 0.6) is 0 Å². The molecule has 1 aromatic rings. The Morgan fingerprint density at radius 2 is 1.76 bits per heavy atom. The van der Waals surface area contributed by atoms with Crippen LogP contribution in [-0.4, -0.2) is 43.5 Å². The topological polar surface area (TPSA) is 66.5 Å². The number of carbonyl (C=O) groups is 1. The SMILES string of the molecule is CC(C)(C)N(CC(=O)NCCc1ccccc1)S(C)(=O)=O. The average Bonchev–Trinajstić information content (AvgIpc) is 2.34. The summed E-state index contributed by atoms with van der Waals surface area (Å²) >= 11 is 0. The van der Waals surface area contributed by atoms with E-state index in [-0.39, 0.29) is 12.5 Å². The van der Waals surface area contributed by atoms with Gasteiger partial charge in [-0.25, -0.2) is 8.42 Å². The van der Waals surface area contributed by atoms with Gasteiger partial charge in [-0.05, 0) is 32.8 Å². The molecule has 0 fully saturated rings. The Hall–Kier alpha value is -1.40. The molecule has 0 aliphatic heterocycles. The molecule has 0 atom stereocenters. The van der Waals surface area contributed by atoms with Crippen molar-refractivity contribution in [2.75, 3.05) is 19.3 Å². The van der Waals surface area contributed by atoms with E-state index in [4.69, 9.17) is 0 Å². The van der Waals surface area contributed by atoms with Crippen LogP contribution in [0.4, 0.5) is 0 Å². The summed E-state index contributed by atoms with van der Waals surface area (Å²) in [6.45, 7) is 5.64. The summed E-state index contributed by atoms with van der Waals surface area (Å²) in [5.41, 5.74) is 0.512. The number of amides is 1. The normalized spacial score (nSPS) is 12.4. The molecule has 0 saturated carbocycles. The predicted octanol–water partition coefficient (Wildman–Crippen LogP) is 1.41. The van der Waals surface area contributed by atoms with Crippen LogP contribution >= 0.6 is 0 Å². The quantitative estimate of drug-likeness (QED) is 0.863. The van der Waals surface area contributed by atoms with Gasteiger partial charge in [0.2, 0.25) is 15.9 Å². The fourth-order valence-corrected chi connectivity index (χ4v) is 3.38. The van der Waals surface area contributed by atoms with Crippen molar-refractivity contribution in [1.29, 1.82) is 0 Å². The lowest BCUT2D eigenvalue weighted by Crippen LogP contribution is -2.50. The van der Waals surface area contributed by atoms with Crippen LogP contribution in [0.3, 0.4) is 0 Å². The van der Waals surface area contributed by atoms with Gasteiger partial charge in [0, 0.05) is 12.1 Å². The lowest BCUT2D eigenvalue weighted by atomic mass is 10.1. The van der Waals surface area contributed by atoms with Gasteiger partial charge in [-0.3, -0.25) is 4.79 Å². The molecule has 1 amide bonds. The molecule has 0 aliphatic rings. The maximum atomic E-state index is 11.9. The van der Waals surface area contributed by atoms with Crippen molar-refractivity contribution >= 4 is 15.9 Å². The first-order valence-electron chi connectivity index (χ1n) is 6.89. The monoisotopic (exact) mass is 312 g/mol. The van der Waals surface area contributed by atoms with Crippen LogP contribution in [0.15, 0.2) is 30.3 Å². The van der Waals surface area contributed by atoms with Gasteiger partial charge in [0.25, 0.3) is 0 Å². The first-order valence-corrected chi connectivity index (χ1v) is 8.74. The molecule has 0 radical (unpaired) electrons. The summed E-state index contributed by atoms with van der Waals surface area (Å²) in [6, 6.07) is 9.81. The molecule has 21 heavy (non-hydrogen) atoms. The third-order valence-electron chi connectivity index (χ3n) is 3.01. The second-order valence-electron chi connectivity index (χ2n) is 6.03. The van der Waals surface area contributed by atoms with Crippen molar-refractivity contribution in [2.24, 2.45) is 0 Å². The Bertz CT molecular complexity index is 562. The molecule has 0 bridgehead atoms. The van der Waals surface area contributed by atoms with Crippen LogP contribution in [0.25, 0.3) is 0 Å². The summed E-state index contributed by atoms with van der Waals surface area (Å²) in [5.74, 6) is -0.286. The van der Waals surface area contributed by atoms with Gasteiger partial charge < -0.3 is 5.32 Å². The lowest BCUT2D eigenvalue weighted by Gasteiger charge is -2.32. The van der Waals surface area contributed by atoms with Crippen molar-refractivity contribution in [1.82, 2.24) is 9.62 Å². The van der Waals surface area contributed by atoms with Gasteiger partial charge in [-0.1, -0.05) is 30.3 Å². The number of nitrogens with one attached hydrogen (secondary N) is 1. The van der Waals surface area contributed by atoms with Crippen LogP contribution in [0, 0.1) is 0 Å². The Morgan fingerprint density at radius 1 is 1.19 bits per heavy atom. The second kappa shape index (κ2) is 7.04. The van der Waals surface area contributed by atoms with E-state index in [0.29, 0.717) is 6.54 Å². The number of sulfonamides is 1. The summed E-state index contributed by atoms with van der Waals surface area (Å²) in [6.07, 6.45) is 1.84. The maximum absolute atomic E-state index is 11.9. The molecule has 0 aromatic heterocycles. The van der Waals surface area contributed by atoms with E-state index in [1.807, 2.05) is 30.3 Å². The molecule has 118 valence electrons. The van der Waals surface area contributed by atoms with E-state index >= 15 is 0 Å². The predicted molar refractivity (Wildman–Crippen MR) is 84.5 cm³/mol. The molecule has 1 aromatic carbocycles. The molecule has 0 saturated heterocycles. The van der Waals surface area contributed by atoms with Crippen molar-refractivity contribution in [2.45, 2.75) is 32.7 Å². The zero-order chi connectivity index (χ0) is 16.1. The van der Waals surface area contributed by atoms with Gasteiger partial charge in [-0.15, -0.1) is 0 Å². The van der Waals surface area contributed by atoms with Gasteiger partial charge in [0.1, 0.15) is 0 Å². The Labute approximate surface area is 127 Å². The summed E-state index contributed by atoms with van der Waals surface area (Å²) < 4.78 is 24.7. The number of hydrogen-bond acceptors (Lipinski definition) is 3. The highest BCUT2D eigenvalue weighted by Crippen LogP contribution is 2.16. The maximum Gasteiger partial charge on any atom is 0.235 e. The van der Waals surface area contributed by atoms with Crippen LogP contribution in [0.1, 0.15) is 26.3 Å². The fourth-order valence-electron chi connectivity index (χ4n) is 2.03. The molecular weight excluding hydrogens is 288 g/mol. The third kappa shape index (κ3) is 6.27. The Morgan fingerprint density at radius 3 is 2.24 bits per heavy atom. The number of nitrogens with zero attached hydrogens (tertiary/aromatic N) is 1. The van der Waals surface area contributed by atoms with Crippen molar-refractivity contribution in [3.05, 3.63) is 35.9 Å². The van der Waals surface area contributed by atoms with Crippen molar-refractivity contribution in [3.8, 4) is 0 Å². The van der Waals surface area contributed by atoms with Gasteiger partial charge >= 0.3 is 0 Å². The van der Waals surface area contributed by atoms with E-state index in [2.05, 4.69) is 5.32 Å². The van der Waals surface area contributed by atoms with E-state index in [1.54, 1.807) is 20.8 Å². The van der Waals surface area contributed by atoms with Gasteiger partial charge in [-0.2, -0.15) is 4.31 Å². The molecule has 0 spiro atoms. The number of carbonyl (C=O) groups excluding carboxylic acids is 1. The molecule has 5 nitrogen and oxygen atoms in total. The Balaban J connectivity index is 2.52. The molecule has 0 heterocycles. The minimum Gasteiger partial charge on any atom is -0.355 e. The van der Waals surface area contributed by atoms with Gasteiger partial charge in [0.15, 0.2) is 0 Å². The molecule has 0 aliphatic carbocycles. The highest BCUT2D eigenvalue weighted by molar-refractivity contribution is 7.88. The van der Waals surface area contributed by atoms with E-state index in [1.165, 1.54) is 4.31 Å². The van der Waals surface area contributed by atoms with Crippen molar-refractivity contribution < 1.29 is 13.2 Å².